The van der Waals surface area contributed by atoms with Gasteiger partial charge in [-0.1, -0.05) is 65.8 Å². The highest BCUT2D eigenvalue weighted by molar-refractivity contribution is 5.33. The SMILES string of the molecule is C[C@H](CNC(C)(C)C)Oc1cccc([C@H](C)C(C)(C)C(C)(C)N[C@H]2C[C@@H](Oc3cccc(CC(C)(C)C)c3)C2)c1. The van der Waals surface area contributed by atoms with Gasteiger partial charge in [0.15, 0.2) is 0 Å². The summed E-state index contributed by atoms with van der Waals surface area (Å²) in [5.41, 5.74) is 2.98. The standard InChI is InChI=1S/C36H58N2O2/c1-25(24-37-34(6,7)8)39-31-18-14-16-28(20-31)26(2)35(9,10)36(11,12)38-29-21-32(22-29)40-30-17-13-15-27(19-30)23-33(3,4)5/h13-20,25-26,29,32,37-38H,21-24H2,1-12H3/t25-,26+,29-,32+/m1/s1. The van der Waals surface area contributed by atoms with Crippen LogP contribution in [-0.2, 0) is 6.42 Å². The van der Waals surface area contributed by atoms with E-state index in [9.17, 15) is 0 Å². The molecule has 224 valence electrons. The van der Waals surface area contributed by atoms with Gasteiger partial charge in [-0.15, -0.1) is 0 Å². The average molecular weight is 551 g/mol. The van der Waals surface area contributed by atoms with Gasteiger partial charge in [-0.25, -0.2) is 0 Å². The minimum atomic E-state index is -0.0601. The monoisotopic (exact) mass is 550 g/mol. The van der Waals surface area contributed by atoms with E-state index in [0.717, 1.165) is 37.3 Å². The van der Waals surface area contributed by atoms with Gasteiger partial charge in [0.2, 0.25) is 0 Å². The lowest BCUT2D eigenvalue weighted by Gasteiger charge is -2.51. The minimum Gasteiger partial charge on any atom is -0.490 e. The summed E-state index contributed by atoms with van der Waals surface area (Å²) in [7, 11) is 0. The highest BCUT2D eigenvalue weighted by atomic mass is 16.5. The molecule has 40 heavy (non-hydrogen) atoms. The summed E-state index contributed by atoms with van der Waals surface area (Å²) < 4.78 is 12.7. The van der Waals surface area contributed by atoms with Crippen LogP contribution in [0.4, 0.5) is 0 Å². The molecule has 2 atom stereocenters. The Kier molecular flexibility index (Phi) is 10.1. The van der Waals surface area contributed by atoms with Crippen molar-refractivity contribution in [2.45, 2.75) is 138 Å². The van der Waals surface area contributed by atoms with Crippen LogP contribution in [0.5, 0.6) is 11.5 Å². The van der Waals surface area contributed by atoms with Crippen molar-refractivity contribution >= 4 is 0 Å². The van der Waals surface area contributed by atoms with Crippen LogP contribution < -0.4 is 20.1 Å². The molecule has 2 aromatic carbocycles. The fraction of sp³-hybridized carbons (Fsp3) is 0.667. The average Bonchev–Trinajstić information content (AvgIpc) is 2.79. The quantitative estimate of drug-likeness (QED) is 0.278. The van der Waals surface area contributed by atoms with Gasteiger partial charge in [-0.2, -0.15) is 0 Å². The molecule has 1 fully saturated rings. The third-order valence-corrected chi connectivity index (χ3v) is 8.90. The van der Waals surface area contributed by atoms with Crippen molar-refractivity contribution in [1.82, 2.24) is 10.6 Å². The van der Waals surface area contributed by atoms with Gasteiger partial charge in [-0.05, 0) is 113 Å². The van der Waals surface area contributed by atoms with E-state index < -0.39 is 0 Å². The molecule has 2 N–H and O–H groups in total. The molecule has 3 rings (SSSR count). The molecule has 0 aliphatic heterocycles. The second-order valence-corrected chi connectivity index (χ2v) is 15.6. The Morgan fingerprint density at radius 1 is 0.825 bits per heavy atom. The fourth-order valence-electron chi connectivity index (χ4n) is 5.55. The first-order chi connectivity index (χ1) is 18.3. The zero-order chi connectivity index (χ0) is 29.9. The smallest absolute Gasteiger partial charge is 0.120 e. The fourth-order valence-corrected chi connectivity index (χ4v) is 5.55. The molecule has 0 spiro atoms. The van der Waals surface area contributed by atoms with Crippen LogP contribution in [0, 0.1) is 10.8 Å². The normalized spacial score (nSPS) is 20.0. The van der Waals surface area contributed by atoms with E-state index in [2.05, 4.69) is 142 Å². The molecule has 4 heteroatoms. The Morgan fingerprint density at radius 3 is 2.08 bits per heavy atom. The third-order valence-electron chi connectivity index (χ3n) is 8.90. The Hall–Kier alpha value is -2.04. The molecule has 0 saturated heterocycles. The van der Waals surface area contributed by atoms with Gasteiger partial charge in [-0.3, -0.25) is 0 Å². The van der Waals surface area contributed by atoms with E-state index in [4.69, 9.17) is 9.47 Å². The largest absolute Gasteiger partial charge is 0.490 e. The third kappa shape index (κ3) is 9.24. The van der Waals surface area contributed by atoms with Gasteiger partial charge in [0, 0.05) is 23.7 Å². The van der Waals surface area contributed by atoms with Crippen LogP contribution in [0.1, 0.15) is 113 Å². The van der Waals surface area contributed by atoms with Crippen LogP contribution in [0.2, 0.25) is 0 Å². The van der Waals surface area contributed by atoms with Crippen molar-refractivity contribution in [3.05, 3.63) is 59.7 Å². The predicted octanol–water partition coefficient (Wildman–Crippen LogP) is 8.54. The summed E-state index contributed by atoms with van der Waals surface area (Å²) in [6.45, 7) is 28.2. The molecule has 0 aromatic heterocycles. The molecular formula is C36H58N2O2. The van der Waals surface area contributed by atoms with Gasteiger partial charge in [0.05, 0.1) is 0 Å². The highest BCUT2D eigenvalue weighted by Gasteiger charge is 2.45. The van der Waals surface area contributed by atoms with E-state index in [-0.39, 0.29) is 34.1 Å². The topological polar surface area (TPSA) is 42.5 Å². The zero-order valence-corrected chi connectivity index (χ0v) is 27.6. The second-order valence-electron chi connectivity index (χ2n) is 15.6. The predicted molar refractivity (Wildman–Crippen MR) is 171 cm³/mol. The summed E-state index contributed by atoms with van der Waals surface area (Å²) in [4.78, 5) is 0. The molecule has 0 heterocycles. The van der Waals surface area contributed by atoms with Crippen molar-refractivity contribution in [1.29, 1.82) is 0 Å². The number of hydrogen-bond acceptors (Lipinski definition) is 4. The van der Waals surface area contributed by atoms with E-state index in [1.807, 2.05) is 0 Å². The zero-order valence-electron chi connectivity index (χ0n) is 27.6. The maximum atomic E-state index is 6.37. The van der Waals surface area contributed by atoms with Crippen LogP contribution >= 0.6 is 0 Å². The Morgan fingerprint density at radius 2 is 1.45 bits per heavy atom. The minimum absolute atomic E-state index is 0.0122. The number of nitrogens with one attached hydrogen (secondary N) is 2. The number of ether oxygens (including phenoxy) is 2. The lowest BCUT2D eigenvalue weighted by atomic mass is 9.64. The first-order valence-electron chi connectivity index (χ1n) is 15.4. The van der Waals surface area contributed by atoms with Crippen LogP contribution in [0.3, 0.4) is 0 Å². The van der Waals surface area contributed by atoms with Crippen LogP contribution in [0.25, 0.3) is 0 Å². The molecule has 1 aliphatic rings. The van der Waals surface area contributed by atoms with Gasteiger partial charge in [0.25, 0.3) is 0 Å². The van der Waals surface area contributed by atoms with E-state index in [0.29, 0.717) is 12.0 Å². The van der Waals surface area contributed by atoms with Gasteiger partial charge in [0.1, 0.15) is 23.7 Å². The van der Waals surface area contributed by atoms with Crippen molar-refractivity contribution in [2.75, 3.05) is 6.54 Å². The number of hydrogen-bond donors (Lipinski definition) is 2. The van der Waals surface area contributed by atoms with Crippen LogP contribution in [0.15, 0.2) is 48.5 Å². The summed E-state index contributed by atoms with van der Waals surface area (Å²) >= 11 is 0. The molecule has 0 amide bonds. The molecule has 0 radical (unpaired) electrons. The summed E-state index contributed by atoms with van der Waals surface area (Å²) in [6.07, 6.45) is 3.53. The van der Waals surface area contributed by atoms with E-state index in [1.54, 1.807) is 0 Å². The molecular weight excluding hydrogens is 492 g/mol. The Balaban J connectivity index is 1.56. The maximum absolute atomic E-state index is 6.37. The van der Waals surface area contributed by atoms with Crippen molar-refractivity contribution < 1.29 is 9.47 Å². The molecule has 4 nitrogen and oxygen atoms in total. The van der Waals surface area contributed by atoms with Crippen molar-refractivity contribution in [3.8, 4) is 11.5 Å². The maximum Gasteiger partial charge on any atom is 0.120 e. The summed E-state index contributed by atoms with van der Waals surface area (Å²) in [5, 5.41) is 7.54. The Bertz CT molecular complexity index is 1090. The number of rotatable bonds is 12. The first-order valence-corrected chi connectivity index (χ1v) is 15.4. The van der Waals surface area contributed by atoms with Crippen molar-refractivity contribution in [3.63, 3.8) is 0 Å². The molecule has 2 aromatic rings. The van der Waals surface area contributed by atoms with Gasteiger partial charge < -0.3 is 20.1 Å². The van der Waals surface area contributed by atoms with Crippen LogP contribution in [-0.4, -0.2) is 35.9 Å². The first kappa shape index (κ1) is 32.5. The van der Waals surface area contributed by atoms with Gasteiger partial charge >= 0.3 is 0 Å². The summed E-state index contributed by atoms with van der Waals surface area (Å²) in [5.74, 6) is 2.29. The van der Waals surface area contributed by atoms with E-state index in [1.165, 1.54) is 11.1 Å². The number of benzene rings is 2. The molecule has 1 aliphatic carbocycles. The molecule has 0 bridgehead atoms. The summed E-state index contributed by atoms with van der Waals surface area (Å²) in [6, 6.07) is 17.8. The van der Waals surface area contributed by atoms with E-state index >= 15 is 0 Å². The highest BCUT2D eigenvalue weighted by Crippen LogP contribution is 2.45. The second kappa shape index (κ2) is 12.4. The molecule has 1 saturated carbocycles. The lowest BCUT2D eigenvalue weighted by molar-refractivity contribution is 0.0376. The lowest BCUT2D eigenvalue weighted by Crippen LogP contribution is -2.61. The Labute approximate surface area is 246 Å². The van der Waals surface area contributed by atoms with Crippen molar-refractivity contribution in [2.24, 2.45) is 10.8 Å². The molecule has 0 unspecified atom stereocenters.